The molecule has 0 heterocycles. The number of aryl methyl sites for hydroxylation is 2. The van der Waals surface area contributed by atoms with Crippen molar-refractivity contribution in [3.8, 4) is 11.5 Å². The van der Waals surface area contributed by atoms with Crippen molar-refractivity contribution in [2.45, 2.75) is 65.2 Å². The van der Waals surface area contributed by atoms with E-state index in [1.54, 1.807) is 12.1 Å². The van der Waals surface area contributed by atoms with Gasteiger partial charge >= 0.3 is 0 Å². The molecular weight excluding hydrogens is 336 g/mol. The van der Waals surface area contributed by atoms with Crippen molar-refractivity contribution in [1.29, 1.82) is 0 Å². The minimum atomic E-state index is -0.142. The topological polar surface area (TPSA) is 49.7 Å². The fraction of sp³-hybridized carbons (Fsp3) is 0.500. The lowest BCUT2D eigenvalue weighted by atomic mass is 9.83. The van der Waals surface area contributed by atoms with Crippen molar-refractivity contribution < 1.29 is 14.9 Å². The van der Waals surface area contributed by atoms with Gasteiger partial charge in [-0.25, -0.2) is 0 Å². The Morgan fingerprint density at radius 2 is 1.07 bits per heavy atom. The molecule has 0 aliphatic rings. The molecule has 0 fully saturated rings. The Bertz CT molecular complexity index is 710. The van der Waals surface area contributed by atoms with Crippen LogP contribution < -0.4 is 0 Å². The van der Waals surface area contributed by atoms with E-state index in [4.69, 9.17) is 4.74 Å². The molecule has 0 aliphatic heterocycles. The van der Waals surface area contributed by atoms with Crippen LogP contribution in [0.2, 0.25) is 0 Å². The smallest absolute Gasteiger partial charge is 0.118 e. The molecule has 3 heteroatoms. The Balaban J connectivity index is 2.07. The molecule has 0 spiro atoms. The first-order valence-electron chi connectivity index (χ1n) is 9.83. The molecule has 0 unspecified atom stereocenters. The molecule has 2 aromatic carbocycles. The van der Waals surface area contributed by atoms with Crippen LogP contribution in [0.15, 0.2) is 36.4 Å². The number of ether oxygens (including phenoxy) is 1. The number of rotatable bonds is 8. The quantitative estimate of drug-likeness (QED) is 0.645. The van der Waals surface area contributed by atoms with Gasteiger partial charge in [-0.3, -0.25) is 0 Å². The molecule has 0 saturated carbocycles. The van der Waals surface area contributed by atoms with Crippen molar-refractivity contribution in [3.63, 3.8) is 0 Å². The monoisotopic (exact) mass is 370 g/mol. The number of hydrogen-bond acceptors (Lipinski definition) is 3. The second kappa shape index (κ2) is 8.35. The molecule has 148 valence electrons. The van der Waals surface area contributed by atoms with Gasteiger partial charge in [0.2, 0.25) is 0 Å². The average molecular weight is 371 g/mol. The van der Waals surface area contributed by atoms with E-state index in [9.17, 15) is 10.2 Å². The SMILES string of the molecule is CCc1cc(C(C)(C)COCC(C)(C)c2ccc(O)c(CC)c2)ccc1O. The standard InChI is InChI=1S/C24H34O3/c1-7-17-13-19(9-11-21(17)25)23(3,4)15-27-16-24(5,6)20-10-12-22(26)18(8-2)14-20/h9-14,25-26H,7-8,15-16H2,1-6H3. The summed E-state index contributed by atoms with van der Waals surface area (Å²) in [6.45, 7) is 14.0. The van der Waals surface area contributed by atoms with Gasteiger partial charge in [0, 0.05) is 10.8 Å². The maximum absolute atomic E-state index is 9.92. The number of phenols is 2. The predicted molar refractivity (Wildman–Crippen MR) is 112 cm³/mol. The number of hydrogen-bond donors (Lipinski definition) is 2. The highest BCUT2D eigenvalue weighted by Crippen LogP contribution is 2.31. The molecular formula is C24H34O3. The van der Waals surface area contributed by atoms with Gasteiger partial charge in [-0.15, -0.1) is 0 Å². The van der Waals surface area contributed by atoms with Gasteiger partial charge in [0.25, 0.3) is 0 Å². The summed E-state index contributed by atoms with van der Waals surface area (Å²) in [5.74, 6) is 0.719. The second-order valence-electron chi connectivity index (χ2n) is 8.65. The summed E-state index contributed by atoms with van der Waals surface area (Å²) in [4.78, 5) is 0. The number of benzene rings is 2. The van der Waals surface area contributed by atoms with Crippen molar-refractivity contribution in [1.82, 2.24) is 0 Å². The zero-order valence-electron chi connectivity index (χ0n) is 17.6. The first kappa shape index (κ1) is 21.3. The van der Waals surface area contributed by atoms with E-state index >= 15 is 0 Å². The Labute approximate surface area is 164 Å². The fourth-order valence-electron chi connectivity index (χ4n) is 3.31. The predicted octanol–water partition coefficient (Wildman–Crippen LogP) is 5.49. The van der Waals surface area contributed by atoms with Gasteiger partial charge in [-0.05, 0) is 47.2 Å². The Hall–Kier alpha value is -2.00. The lowest BCUT2D eigenvalue weighted by Crippen LogP contribution is -2.30. The van der Waals surface area contributed by atoms with Crippen molar-refractivity contribution in [3.05, 3.63) is 58.7 Å². The van der Waals surface area contributed by atoms with Crippen LogP contribution in [-0.4, -0.2) is 23.4 Å². The third-order valence-electron chi connectivity index (χ3n) is 5.41. The van der Waals surface area contributed by atoms with Crippen LogP contribution in [0.5, 0.6) is 11.5 Å². The molecule has 0 amide bonds. The van der Waals surface area contributed by atoms with E-state index in [0.29, 0.717) is 24.7 Å². The van der Waals surface area contributed by atoms with E-state index in [-0.39, 0.29) is 10.8 Å². The van der Waals surface area contributed by atoms with Crippen LogP contribution in [0.3, 0.4) is 0 Å². The zero-order valence-corrected chi connectivity index (χ0v) is 17.6. The van der Waals surface area contributed by atoms with E-state index in [1.165, 1.54) is 11.1 Å². The number of phenolic OH excluding ortho intramolecular Hbond substituents is 2. The Morgan fingerprint density at radius 3 is 1.41 bits per heavy atom. The highest BCUT2D eigenvalue weighted by Gasteiger charge is 2.26. The molecule has 0 saturated heterocycles. The van der Waals surface area contributed by atoms with Crippen LogP contribution >= 0.6 is 0 Å². The highest BCUT2D eigenvalue weighted by molar-refractivity contribution is 5.40. The average Bonchev–Trinajstić information content (AvgIpc) is 2.61. The first-order chi connectivity index (χ1) is 12.6. The summed E-state index contributed by atoms with van der Waals surface area (Å²) in [5.41, 5.74) is 4.00. The van der Waals surface area contributed by atoms with E-state index < -0.39 is 0 Å². The van der Waals surface area contributed by atoms with E-state index in [1.807, 2.05) is 26.0 Å². The maximum Gasteiger partial charge on any atom is 0.118 e. The van der Waals surface area contributed by atoms with Gasteiger partial charge in [0.15, 0.2) is 0 Å². The molecule has 0 aliphatic carbocycles. The minimum absolute atomic E-state index is 0.142. The molecule has 0 atom stereocenters. The van der Waals surface area contributed by atoms with Crippen LogP contribution in [0.25, 0.3) is 0 Å². The minimum Gasteiger partial charge on any atom is -0.508 e. The molecule has 0 bridgehead atoms. The molecule has 3 nitrogen and oxygen atoms in total. The first-order valence-corrected chi connectivity index (χ1v) is 9.83. The van der Waals surface area contributed by atoms with E-state index in [2.05, 4.69) is 39.8 Å². The van der Waals surface area contributed by atoms with Crippen LogP contribution in [0.1, 0.15) is 63.8 Å². The molecule has 27 heavy (non-hydrogen) atoms. The Morgan fingerprint density at radius 1 is 0.704 bits per heavy atom. The van der Waals surface area contributed by atoms with Gasteiger partial charge in [-0.2, -0.15) is 0 Å². The molecule has 0 radical (unpaired) electrons. The summed E-state index contributed by atoms with van der Waals surface area (Å²) in [6.07, 6.45) is 1.62. The fourth-order valence-corrected chi connectivity index (χ4v) is 3.31. The van der Waals surface area contributed by atoms with Crippen LogP contribution in [0.4, 0.5) is 0 Å². The maximum atomic E-state index is 9.92. The van der Waals surface area contributed by atoms with Gasteiger partial charge in [0.05, 0.1) is 13.2 Å². The number of aromatic hydroxyl groups is 2. The molecule has 2 N–H and O–H groups in total. The summed E-state index contributed by atoms with van der Waals surface area (Å²) in [7, 11) is 0. The van der Waals surface area contributed by atoms with Crippen LogP contribution in [0, 0.1) is 0 Å². The molecule has 2 rings (SSSR count). The highest BCUT2D eigenvalue weighted by atomic mass is 16.5. The zero-order chi connectivity index (χ0) is 20.2. The Kier molecular flexibility index (Phi) is 6.59. The third kappa shape index (κ3) is 5.04. The lowest BCUT2D eigenvalue weighted by molar-refractivity contribution is 0.0633. The van der Waals surface area contributed by atoms with Crippen molar-refractivity contribution in [2.24, 2.45) is 0 Å². The summed E-state index contributed by atoms with van der Waals surface area (Å²) >= 11 is 0. The second-order valence-corrected chi connectivity index (χ2v) is 8.65. The van der Waals surface area contributed by atoms with Crippen molar-refractivity contribution in [2.75, 3.05) is 13.2 Å². The summed E-state index contributed by atoms with van der Waals surface area (Å²) in [6, 6.07) is 11.7. The summed E-state index contributed by atoms with van der Waals surface area (Å²) in [5, 5.41) is 19.8. The largest absolute Gasteiger partial charge is 0.508 e. The third-order valence-corrected chi connectivity index (χ3v) is 5.41. The molecule has 2 aromatic rings. The normalized spacial score (nSPS) is 12.4. The van der Waals surface area contributed by atoms with Gasteiger partial charge < -0.3 is 14.9 Å². The van der Waals surface area contributed by atoms with Gasteiger partial charge in [0.1, 0.15) is 11.5 Å². The lowest BCUT2D eigenvalue weighted by Gasteiger charge is -2.30. The summed E-state index contributed by atoms with van der Waals surface area (Å²) < 4.78 is 6.15. The van der Waals surface area contributed by atoms with Gasteiger partial charge in [-0.1, -0.05) is 65.8 Å². The van der Waals surface area contributed by atoms with Crippen LogP contribution in [-0.2, 0) is 28.4 Å². The molecule has 0 aromatic heterocycles. The van der Waals surface area contributed by atoms with Crippen molar-refractivity contribution >= 4 is 0 Å². The van der Waals surface area contributed by atoms with E-state index in [0.717, 1.165) is 24.0 Å².